The van der Waals surface area contributed by atoms with Crippen LogP contribution in [0, 0.1) is 6.92 Å². The van der Waals surface area contributed by atoms with Gasteiger partial charge in [0.1, 0.15) is 5.82 Å². The summed E-state index contributed by atoms with van der Waals surface area (Å²) < 4.78 is 1.79. The van der Waals surface area contributed by atoms with Crippen LogP contribution in [-0.2, 0) is 5.88 Å². The van der Waals surface area contributed by atoms with Gasteiger partial charge >= 0.3 is 0 Å². The van der Waals surface area contributed by atoms with Gasteiger partial charge in [0.2, 0.25) is 0 Å². The summed E-state index contributed by atoms with van der Waals surface area (Å²) in [7, 11) is 0. The van der Waals surface area contributed by atoms with Crippen LogP contribution in [0.1, 0.15) is 11.5 Å². The van der Waals surface area contributed by atoms with E-state index >= 15 is 0 Å². The highest BCUT2D eigenvalue weighted by molar-refractivity contribution is 6.31. The number of hydrogen-bond donors (Lipinski definition) is 0. The van der Waals surface area contributed by atoms with Gasteiger partial charge in [-0.05, 0) is 31.2 Å². The Morgan fingerprint density at radius 3 is 2.88 bits per heavy atom. The van der Waals surface area contributed by atoms with Gasteiger partial charge in [0.05, 0.1) is 22.6 Å². The van der Waals surface area contributed by atoms with Crippen LogP contribution in [-0.4, -0.2) is 14.6 Å². The molecular weight excluding hydrogens is 257 g/mol. The first-order valence-electron chi connectivity index (χ1n) is 5.19. The highest BCUT2D eigenvalue weighted by Gasteiger charge is 2.09. The molecule has 1 aromatic carbocycles. The molecule has 0 fully saturated rings. The number of hydrogen-bond acceptors (Lipinski definition) is 2. The zero-order valence-electron chi connectivity index (χ0n) is 9.11. The zero-order valence-corrected chi connectivity index (χ0v) is 10.6. The second-order valence-corrected chi connectivity index (χ2v) is 4.61. The van der Waals surface area contributed by atoms with Gasteiger partial charge in [-0.25, -0.2) is 9.50 Å². The first-order chi connectivity index (χ1) is 8.19. The minimum Gasteiger partial charge on any atom is -0.231 e. The summed E-state index contributed by atoms with van der Waals surface area (Å²) in [5.41, 5.74) is 2.81. The van der Waals surface area contributed by atoms with E-state index in [-0.39, 0.29) is 0 Å². The zero-order chi connectivity index (χ0) is 12.0. The largest absolute Gasteiger partial charge is 0.231 e. The highest BCUT2D eigenvalue weighted by atomic mass is 35.5. The van der Waals surface area contributed by atoms with Crippen molar-refractivity contribution in [1.29, 1.82) is 0 Å². The van der Waals surface area contributed by atoms with Crippen LogP contribution in [0.25, 0.3) is 16.4 Å². The van der Waals surface area contributed by atoms with Crippen LogP contribution >= 0.6 is 23.2 Å². The number of nitrogens with zero attached hydrogens (tertiary/aromatic N) is 3. The second-order valence-electron chi connectivity index (χ2n) is 3.91. The molecule has 0 unspecified atom stereocenters. The number of fused-ring (bicyclic) bond motifs is 3. The molecule has 3 aromatic rings. The molecule has 2 aromatic heterocycles. The molecule has 0 spiro atoms. The van der Waals surface area contributed by atoms with E-state index in [2.05, 4.69) is 10.1 Å². The number of halogens is 2. The Kier molecular flexibility index (Phi) is 2.45. The van der Waals surface area contributed by atoms with E-state index in [0.717, 1.165) is 27.9 Å². The van der Waals surface area contributed by atoms with Crippen LogP contribution in [0.4, 0.5) is 0 Å². The maximum absolute atomic E-state index is 5.98. The fraction of sp³-hybridized carbons (Fsp3) is 0.167. The van der Waals surface area contributed by atoms with Crippen molar-refractivity contribution in [2.45, 2.75) is 12.8 Å². The molecule has 3 rings (SSSR count). The molecule has 86 valence electrons. The van der Waals surface area contributed by atoms with Crippen molar-refractivity contribution in [3.8, 4) is 0 Å². The average Bonchev–Trinajstić information content (AvgIpc) is 2.69. The minimum absolute atomic E-state index is 0.320. The van der Waals surface area contributed by atoms with Crippen molar-refractivity contribution in [2.24, 2.45) is 0 Å². The van der Waals surface area contributed by atoms with E-state index in [4.69, 9.17) is 23.2 Å². The van der Waals surface area contributed by atoms with Gasteiger partial charge in [0.25, 0.3) is 0 Å². The summed E-state index contributed by atoms with van der Waals surface area (Å²) in [5.74, 6) is 1.05. The van der Waals surface area contributed by atoms with Crippen molar-refractivity contribution >= 4 is 39.6 Å². The van der Waals surface area contributed by atoms with Gasteiger partial charge in [-0.3, -0.25) is 0 Å². The SMILES string of the molecule is Cc1cc2c3ccc(Cl)cc3nc(CCl)n2n1. The summed E-state index contributed by atoms with van der Waals surface area (Å²) in [6.07, 6.45) is 0. The quantitative estimate of drug-likeness (QED) is 0.630. The van der Waals surface area contributed by atoms with Crippen LogP contribution < -0.4 is 0 Å². The normalized spacial score (nSPS) is 11.5. The molecule has 0 bridgehead atoms. The van der Waals surface area contributed by atoms with Gasteiger partial charge in [0.15, 0.2) is 0 Å². The molecule has 2 heterocycles. The molecule has 0 saturated heterocycles. The first-order valence-corrected chi connectivity index (χ1v) is 6.11. The fourth-order valence-electron chi connectivity index (χ4n) is 1.97. The Morgan fingerprint density at radius 1 is 1.29 bits per heavy atom. The monoisotopic (exact) mass is 265 g/mol. The molecule has 3 nitrogen and oxygen atoms in total. The maximum Gasteiger partial charge on any atom is 0.145 e. The summed E-state index contributed by atoms with van der Waals surface area (Å²) >= 11 is 11.9. The van der Waals surface area contributed by atoms with Crippen LogP contribution in [0.15, 0.2) is 24.3 Å². The average molecular weight is 266 g/mol. The Labute approximate surface area is 108 Å². The van der Waals surface area contributed by atoms with Gasteiger partial charge in [-0.2, -0.15) is 5.10 Å². The van der Waals surface area contributed by atoms with E-state index in [1.54, 1.807) is 4.52 Å². The second kappa shape index (κ2) is 3.86. The molecule has 0 aliphatic rings. The van der Waals surface area contributed by atoms with E-state index < -0.39 is 0 Å². The van der Waals surface area contributed by atoms with Crippen LogP contribution in [0.5, 0.6) is 0 Å². The molecule has 0 radical (unpaired) electrons. The Balaban J connectivity index is 2.53. The Morgan fingerprint density at radius 2 is 2.12 bits per heavy atom. The Hall–Kier alpha value is -1.32. The van der Waals surface area contributed by atoms with Crippen molar-refractivity contribution in [1.82, 2.24) is 14.6 Å². The van der Waals surface area contributed by atoms with E-state index in [0.29, 0.717) is 10.9 Å². The molecule has 0 N–H and O–H groups in total. The third-order valence-corrected chi connectivity index (χ3v) is 3.15. The lowest BCUT2D eigenvalue weighted by Gasteiger charge is -2.05. The number of aromatic nitrogens is 3. The molecule has 0 aliphatic heterocycles. The standard InChI is InChI=1S/C12H9Cl2N3/c1-7-4-11-9-3-2-8(14)5-10(9)15-12(6-13)17(11)16-7/h2-5H,6H2,1H3. The van der Waals surface area contributed by atoms with Gasteiger partial charge in [0, 0.05) is 10.4 Å². The predicted octanol–water partition coefficient (Wildman–Crippen LogP) is 3.58. The molecule has 5 heteroatoms. The van der Waals surface area contributed by atoms with E-state index in [1.165, 1.54) is 0 Å². The molecule has 17 heavy (non-hydrogen) atoms. The molecule has 0 amide bonds. The molecule has 0 saturated carbocycles. The van der Waals surface area contributed by atoms with Gasteiger partial charge in [-0.15, -0.1) is 11.6 Å². The molecular formula is C12H9Cl2N3. The van der Waals surface area contributed by atoms with Crippen LogP contribution in [0.2, 0.25) is 5.02 Å². The number of aryl methyl sites for hydroxylation is 1. The predicted molar refractivity (Wildman–Crippen MR) is 69.8 cm³/mol. The molecule has 0 atom stereocenters. The van der Waals surface area contributed by atoms with Crippen molar-refractivity contribution < 1.29 is 0 Å². The summed E-state index contributed by atoms with van der Waals surface area (Å²) in [4.78, 5) is 4.48. The summed E-state index contributed by atoms with van der Waals surface area (Å²) in [6.45, 7) is 1.95. The van der Waals surface area contributed by atoms with Crippen molar-refractivity contribution in [2.75, 3.05) is 0 Å². The summed E-state index contributed by atoms with van der Waals surface area (Å²) in [5, 5.41) is 6.10. The highest BCUT2D eigenvalue weighted by Crippen LogP contribution is 2.24. The van der Waals surface area contributed by atoms with E-state index in [1.807, 2.05) is 31.2 Å². The van der Waals surface area contributed by atoms with Crippen LogP contribution in [0.3, 0.4) is 0 Å². The summed E-state index contributed by atoms with van der Waals surface area (Å²) in [6, 6.07) is 7.68. The van der Waals surface area contributed by atoms with Crippen molar-refractivity contribution in [3.63, 3.8) is 0 Å². The minimum atomic E-state index is 0.320. The fourth-order valence-corrected chi connectivity index (χ4v) is 2.31. The lowest BCUT2D eigenvalue weighted by molar-refractivity contribution is 0.850. The maximum atomic E-state index is 5.98. The number of alkyl halides is 1. The number of benzene rings is 1. The smallest absolute Gasteiger partial charge is 0.145 e. The third-order valence-electron chi connectivity index (χ3n) is 2.68. The number of rotatable bonds is 1. The van der Waals surface area contributed by atoms with Gasteiger partial charge < -0.3 is 0 Å². The topological polar surface area (TPSA) is 30.2 Å². The Bertz CT molecular complexity index is 718. The lowest BCUT2D eigenvalue weighted by atomic mass is 10.2. The van der Waals surface area contributed by atoms with E-state index in [9.17, 15) is 0 Å². The first kappa shape index (κ1) is 10.8. The van der Waals surface area contributed by atoms with Gasteiger partial charge in [-0.1, -0.05) is 11.6 Å². The third kappa shape index (κ3) is 1.66. The molecule has 0 aliphatic carbocycles. The van der Waals surface area contributed by atoms with Crippen molar-refractivity contribution in [3.05, 3.63) is 40.8 Å². The lowest BCUT2D eigenvalue weighted by Crippen LogP contribution is -2.01.